The van der Waals surface area contributed by atoms with Crippen LogP contribution in [0.5, 0.6) is 0 Å². The molecule has 1 N–H and O–H groups in total. The number of carbonyl (C=O) groups excluding carboxylic acids is 2. The van der Waals surface area contributed by atoms with E-state index in [1.54, 1.807) is 59.9 Å². The summed E-state index contributed by atoms with van der Waals surface area (Å²) >= 11 is 0. The summed E-state index contributed by atoms with van der Waals surface area (Å²) in [4.78, 5) is 27.5. The van der Waals surface area contributed by atoms with E-state index in [-0.39, 0.29) is 6.54 Å². The predicted molar refractivity (Wildman–Crippen MR) is 110 cm³/mol. The van der Waals surface area contributed by atoms with Gasteiger partial charge in [-0.2, -0.15) is 0 Å². The zero-order valence-electron chi connectivity index (χ0n) is 17.6. The molecular weight excluding hydrogens is 374 g/mol. The molecule has 0 aliphatic heterocycles. The quantitative estimate of drug-likeness (QED) is 0.425. The Balaban J connectivity index is 2.37. The van der Waals surface area contributed by atoms with Crippen molar-refractivity contribution in [1.82, 2.24) is 9.88 Å². The summed E-state index contributed by atoms with van der Waals surface area (Å²) < 4.78 is 12.1. The third-order valence-corrected chi connectivity index (χ3v) is 3.72. The highest BCUT2D eigenvalue weighted by Crippen LogP contribution is 2.29. The van der Waals surface area contributed by atoms with E-state index >= 15 is 0 Å². The molecule has 1 aromatic carbocycles. The van der Waals surface area contributed by atoms with Crippen molar-refractivity contribution in [1.29, 1.82) is 0 Å². The van der Waals surface area contributed by atoms with E-state index in [2.05, 4.69) is 15.3 Å². The largest absolute Gasteiger partial charge is 0.444 e. The zero-order valence-corrected chi connectivity index (χ0v) is 17.6. The van der Waals surface area contributed by atoms with Crippen LogP contribution >= 0.6 is 0 Å². The monoisotopic (exact) mass is 401 g/mol. The Hall–Kier alpha value is -3.19. The van der Waals surface area contributed by atoms with Crippen LogP contribution in [0, 0.1) is 0 Å². The number of aromatic nitrogens is 1. The minimum Gasteiger partial charge on any atom is -0.444 e. The van der Waals surface area contributed by atoms with E-state index in [1.165, 1.54) is 4.57 Å². The molecule has 0 radical (unpaired) electrons. The van der Waals surface area contributed by atoms with E-state index in [1.807, 2.05) is 12.1 Å². The number of nitrogens with one attached hydrogen (secondary N) is 1. The van der Waals surface area contributed by atoms with Gasteiger partial charge in [-0.05, 0) is 58.7 Å². The lowest BCUT2D eigenvalue weighted by molar-refractivity contribution is 0.0517. The van der Waals surface area contributed by atoms with Crippen molar-refractivity contribution in [2.75, 3.05) is 6.54 Å². The van der Waals surface area contributed by atoms with Crippen LogP contribution in [-0.2, 0) is 9.47 Å². The lowest BCUT2D eigenvalue weighted by atomic mass is 10.1. The molecular formula is C20H27N5O4. The number of alkyl carbamates (subject to hydrolysis) is 1. The molecule has 0 bridgehead atoms. The van der Waals surface area contributed by atoms with Gasteiger partial charge in [0.1, 0.15) is 11.2 Å². The molecule has 156 valence electrons. The van der Waals surface area contributed by atoms with Gasteiger partial charge in [0.2, 0.25) is 0 Å². The number of para-hydroxylation sites is 1. The van der Waals surface area contributed by atoms with Crippen molar-refractivity contribution in [2.45, 2.75) is 58.8 Å². The van der Waals surface area contributed by atoms with Crippen molar-refractivity contribution in [3.05, 3.63) is 46.5 Å². The Morgan fingerprint density at radius 3 is 2.34 bits per heavy atom. The van der Waals surface area contributed by atoms with E-state index in [0.717, 1.165) is 5.39 Å². The highest BCUT2D eigenvalue weighted by Gasteiger charge is 2.24. The number of nitrogens with zero attached hydrogens (tertiary/aromatic N) is 4. The third kappa shape index (κ3) is 6.15. The van der Waals surface area contributed by atoms with Crippen LogP contribution in [0.4, 0.5) is 9.59 Å². The fourth-order valence-corrected chi connectivity index (χ4v) is 2.70. The average Bonchev–Trinajstić information content (AvgIpc) is 2.95. The van der Waals surface area contributed by atoms with Gasteiger partial charge in [-0.3, -0.25) is 4.57 Å². The highest BCUT2D eigenvalue weighted by molar-refractivity contribution is 5.92. The maximum atomic E-state index is 12.6. The number of fused-ring (bicyclic) bond motifs is 1. The molecule has 0 saturated heterocycles. The van der Waals surface area contributed by atoms with Crippen molar-refractivity contribution >= 4 is 23.1 Å². The number of hydrogen-bond donors (Lipinski definition) is 1. The summed E-state index contributed by atoms with van der Waals surface area (Å²) in [6, 6.07) is 6.48. The standard InChI is InChI=1S/C20H27N5O4/c1-19(2,3)28-17(26)22-11-15(23-24-21)14-12-25(18(27)29-20(4,5)6)16-10-8-7-9-13(14)16/h7-10,12,15H,11H2,1-6H3,(H,22,26). The lowest BCUT2D eigenvalue weighted by Crippen LogP contribution is -2.34. The minimum absolute atomic E-state index is 0.0152. The van der Waals surface area contributed by atoms with Gasteiger partial charge in [0, 0.05) is 23.0 Å². The number of azide groups is 1. The molecule has 29 heavy (non-hydrogen) atoms. The van der Waals surface area contributed by atoms with Gasteiger partial charge < -0.3 is 14.8 Å². The van der Waals surface area contributed by atoms with Crippen LogP contribution in [-0.4, -0.2) is 34.5 Å². The second kappa shape index (κ2) is 8.45. The molecule has 9 nitrogen and oxygen atoms in total. The normalized spacial score (nSPS) is 12.8. The highest BCUT2D eigenvalue weighted by atomic mass is 16.6. The molecule has 1 aromatic heterocycles. The first kappa shape index (κ1) is 22.1. The third-order valence-electron chi connectivity index (χ3n) is 3.72. The van der Waals surface area contributed by atoms with Crippen LogP contribution < -0.4 is 5.32 Å². The van der Waals surface area contributed by atoms with E-state index in [4.69, 9.17) is 15.0 Å². The molecule has 1 atom stereocenters. The first-order valence-electron chi connectivity index (χ1n) is 9.25. The second-order valence-corrected chi connectivity index (χ2v) is 8.56. The van der Waals surface area contributed by atoms with Gasteiger partial charge in [0.15, 0.2) is 0 Å². The van der Waals surface area contributed by atoms with E-state index in [0.29, 0.717) is 11.1 Å². The molecule has 1 unspecified atom stereocenters. The Morgan fingerprint density at radius 2 is 1.76 bits per heavy atom. The molecule has 0 fully saturated rings. The summed E-state index contributed by atoms with van der Waals surface area (Å²) in [6.45, 7) is 10.6. The van der Waals surface area contributed by atoms with Gasteiger partial charge >= 0.3 is 12.2 Å². The number of ether oxygens (including phenoxy) is 2. The van der Waals surface area contributed by atoms with Crippen LogP contribution in [0.25, 0.3) is 21.3 Å². The van der Waals surface area contributed by atoms with Gasteiger partial charge in [-0.1, -0.05) is 23.3 Å². The smallest absolute Gasteiger partial charge is 0.419 e. The number of carbonyl (C=O) groups is 2. The van der Waals surface area contributed by atoms with Crippen LogP contribution in [0.1, 0.15) is 53.1 Å². The predicted octanol–water partition coefficient (Wildman–Crippen LogP) is 5.30. The molecule has 0 spiro atoms. The summed E-state index contributed by atoms with van der Waals surface area (Å²) in [5.41, 5.74) is 8.91. The molecule has 2 rings (SSSR count). The Kier molecular flexibility index (Phi) is 6.44. The number of hydrogen-bond acceptors (Lipinski definition) is 5. The lowest BCUT2D eigenvalue weighted by Gasteiger charge is -2.20. The topological polar surface area (TPSA) is 118 Å². The summed E-state index contributed by atoms with van der Waals surface area (Å²) in [6.07, 6.45) is 0.417. The fourth-order valence-electron chi connectivity index (χ4n) is 2.70. The molecule has 1 amide bonds. The number of benzene rings is 1. The zero-order chi connectivity index (χ0) is 21.8. The first-order valence-corrected chi connectivity index (χ1v) is 9.25. The fraction of sp³-hybridized carbons (Fsp3) is 0.500. The van der Waals surface area contributed by atoms with Gasteiger partial charge in [0.25, 0.3) is 0 Å². The maximum Gasteiger partial charge on any atom is 0.419 e. The summed E-state index contributed by atoms with van der Waals surface area (Å²) in [7, 11) is 0. The van der Waals surface area contributed by atoms with Crippen molar-refractivity contribution in [3.8, 4) is 0 Å². The molecule has 0 saturated carbocycles. The Bertz CT molecular complexity index is 946. The first-order chi connectivity index (χ1) is 13.4. The molecule has 2 aromatic rings. The second-order valence-electron chi connectivity index (χ2n) is 8.56. The molecule has 0 aliphatic rings. The minimum atomic E-state index is -0.735. The molecule has 9 heteroatoms. The van der Waals surface area contributed by atoms with Gasteiger partial charge in [0.05, 0.1) is 11.6 Å². The molecule has 0 aliphatic carbocycles. The van der Waals surface area contributed by atoms with Crippen molar-refractivity contribution in [3.63, 3.8) is 0 Å². The van der Waals surface area contributed by atoms with Crippen molar-refractivity contribution < 1.29 is 19.1 Å². The van der Waals surface area contributed by atoms with E-state index < -0.39 is 29.4 Å². The number of amides is 1. The van der Waals surface area contributed by atoms with Crippen LogP contribution in [0.3, 0.4) is 0 Å². The van der Waals surface area contributed by atoms with Crippen LogP contribution in [0.15, 0.2) is 35.6 Å². The Morgan fingerprint density at radius 1 is 1.14 bits per heavy atom. The van der Waals surface area contributed by atoms with Gasteiger partial charge in [-0.15, -0.1) is 0 Å². The SMILES string of the molecule is CC(C)(C)OC(=O)NCC(N=[N+]=[N-])c1cn(C(=O)OC(C)(C)C)c2ccccc12. The van der Waals surface area contributed by atoms with Crippen LogP contribution in [0.2, 0.25) is 0 Å². The van der Waals surface area contributed by atoms with E-state index in [9.17, 15) is 9.59 Å². The molecule has 1 heterocycles. The summed E-state index contributed by atoms with van der Waals surface area (Å²) in [5.74, 6) is 0. The van der Waals surface area contributed by atoms with Crippen molar-refractivity contribution in [2.24, 2.45) is 5.11 Å². The Labute approximate surface area is 169 Å². The maximum absolute atomic E-state index is 12.6. The van der Waals surface area contributed by atoms with Gasteiger partial charge in [-0.25, -0.2) is 9.59 Å². The average molecular weight is 401 g/mol. The summed E-state index contributed by atoms with van der Waals surface area (Å²) in [5, 5.41) is 7.14. The number of rotatable bonds is 4.